The molecule has 104 valence electrons. The van der Waals surface area contributed by atoms with E-state index in [1.165, 1.54) is 18.2 Å². The molecular formula is C17H18O3. The van der Waals surface area contributed by atoms with E-state index < -0.39 is 11.9 Å². The SMILES string of the molecule is COC(=O)C1CCC2(C=Cc3ccccc32)C(C)C1=O. The second-order valence-electron chi connectivity index (χ2n) is 5.70. The molecule has 3 unspecified atom stereocenters. The molecule has 3 heteroatoms. The number of fused-ring (bicyclic) bond motifs is 2. The van der Waals surface area contributed by atoms with Gasteiger partial charge in [-0.05, 0) is 24.0 Å². The average Bonchev–Trinajstić information content (AvgIpc) is 2.85. The molecule has 3 rings (SSSR count). The van der Waals surface area contributed by atoms with Crippen LogP contribution in [0, 0.1) is 11.8 Å². The second kappa shape index (κ2) is 4.58. The second-order valence-corrected chi connectivity index (χ2v) is 5.70. The summed E-state index contributed by atoms with van der Waals surface area (Å²) in [7, 11) is 1.34. The van der Waals surface area contributed by atoms with Crippen molar-refractivity contribution in [3.05, 3.63) is 41.5 Å². The van der Waals surface area contributed by atoms with Crippen LogP contribution >= 0.6 is 0 Å². The number of benzene rings is 1. The number of ketones is 1. The maximum absolute atomic E-state index is 12.6. The fourth-order valence-corrected chi connectivity index (χ4v) is 3.66. The van der Waals surface area contributed by atoms with Gasteiger partial charge in [0.15, 0.2) is 5.78 Å². The maximum atomic E-state index is 12.6. The van der Waals surface area contributed by atoms with E-state index in [2.05, 4.69) is 24.3 Å². The predicted molar refractivity (Wildman–Crippen MR) is 76.1 cm³/mol. The summed E-state index contributed by atoms with van der Waals surface area (Å²) >= 11 is 0. The largest absolute Gasteiger partial charge is 0.468 e. The monoisotopic (exact) mass is 270 g/mol. The van der Waals surface area contributed by atoms with Gasteiger partial charge in [-0.2, -0.15) is 0 Å². The molecule has 3 atom stereocenters. The van der Waals surface area contributed by atoms with Crippen molar-refractivity contribution in [3.63, 3.8) is 0 Å². The molecule has 0 radical (unpaired) electrons. The minimum Gasteiger partial charge on any atom is -0.468 e. The van der Waals surface area contributed by atoms with Crippen LogP contribution in [0.25, 0.3) is 6.08 Å². The summed E-state index contributed by atoms with van der Waals surface area (Å²) in [4.78, 5) is 24.3. The fourth-order valence-electron chi connectivity index (χ4n) is 3.66. The molecule has 1 saturated carbocycles. The Labute approximate surface area is 118 Å². The molecule has 0 amide bonds. The minimum absolute atomic E-state index is 0.00412. The van der Waals surface area contributed by atoms with Crippen LogP contribution in [0.4, 0.5) is 0 Å². The topological polar surface area (TPSA) is 43.4 Å². The Kier molecular flexibility index (Phi) is 3.00. The highest BCUT2D eigenvalue weighted by molar-refractivity contribution is 6.02. The number of allylic oxidation sites excluding steroid dienone is 1. The van der Waals surface area contributed by atoms with Gasteiger partial charge in [0, 0.05) is 11.3 Å². The molecule has 1 aromatic carbocycles. The lowest BCUT2D eigenvalue weighted by Crippen LogP contribution is -2.46. The molecular weight excluding hydrogens is 252 g/mol. The molecule has 0 heterocycles. The van der Waals surface area contributed by atoms with Gasteiger partial charge in [-0.15, -0.1) is 0 Å². The van der Waals surface area contributed by atoms with Gasteiger partial charge in [-0.3, -0.25) is 9.59 Å². The summed E-state index contributed by atoms with van der Waals surface area (Å²) in [6, 6.07) is 8.19. The van der Waals surface area contributed by atoms with Gasteiger partial charge < -0.3 is 4.74 Å². The Morgan fingerprint density at radius 1 is 1.35 bits per heavy atom. The number of ether oxygens (including phenoxy) is 1. The zero-order valence-electron chi connectivity index (χ0n) is 11.8. The molecule has 0 N–H and O–H groups in total. The molecule has 1 fully saturated rings. The Bertz CT molecular complexity index is 602. The highest BCUT2D eigenvalue weighted by atomic mass is 16.5. The molecule has 0 bridgehead atoms. The molecule has 2 aliphatic carbocycles. The molecule has 0 saturated heterocycles. The predicted octanol–water partition coefficient (Wildman–Crippen LogP) is 2.74. The Hall–Kier alpha value is -1.90. The van der Waals surface area contributed by atoms with Gasteiger partial charge in [-0.25, -0.2) is 0 Å². The fraction of sp³-hybridized carbons (Fsp3) is 0.412. The lowest BCUT2D eigenvalue weighted by Gasteiger charge is -2.40. The van der Waals surface area contributed by atoms with Crippen LogP contribution < -0.4 is 0 Å². The van der Waals surface area contributed by atoms with Crippen molar-refractivity contribution in [3.8, 4) is 0 Å². The lowest BCUT2D eigenvalue weighted by molar-refractivity contribution is -0.153. The van der Waals surface area contributed by atoms with E-state index in [0.717, 1.165) is 6.42 Å². The molecule has 20 heavy (non-hydrogen) atoms. The van der Waals surface area contributed by atoms with Gasteiger partial charge in [0.25, 0.3) is 0 Å². The van der Waals surface area contributed by atoms with Crippen LogP contribution in [-0.4, -0.2) is 18.9 Å². The summed E-state index contributed by atoms with van der Waals surface area (Å²) in [6.07, 6.45) is 5.62. The van der Waals surface area contributed by atoms with Crippen molar-refractivity contribution in [2.75, 3.05) is 7.11 Å². The van der Waals surface area contributed by atoms with Gasteiger partial charge in [0.05, 0.1) is 7.11 Å². The smallest absolute Gasteiger partial charge is 0.316 e. The van der Waals surface area contributed by atoms with E-state index >= 15 is 0 Å². The number of carbonyl (C=O) groups excluding carboxylic acids is 2. The summed E-state index contributed by atoms with van der Waals surface area (Å²) in [5.41, 5.74) is 2.16. The molecule has 0 aromatic heterocycles. The van der Waals surface area contributed by atoms with E-state index in [0.29, 0.717) is 6.42 Å². The normalized spacial score (nSPS) is 31.4. The van der Waals surface area contributed by atoms with Crippen molar-refractivity contribution in [2.45, 2.75) is 25.2 Å². The standard InChI is InChI=1S/C17H18O3/c1-11-15(18)13(16(19)20-2)8-10-17(11)9-7-12-5-3-4-6-14(12)17/h3-7,9,11,13H,8,10H2,1-2H3. The van der Waals surface area contributed by atoms with Gasteiger partial charge in [0.1, 0.15) is 5.92 Å². The number of hydrogen-bond donors (Lipinski definition) is 0. The molecule has 0 aliphatic heterocycles. The zero-order chi connectivity index (χ0) is 14.3. The molecule has 3 nitrogen and oxygen atoms in total. The number of hydrogen-bond acceptors (Lipinski definition) is 3. The van der Waals surface area contributed by atoms with Crippen molar-refractivity contribution in [1.29, 1.82) is 0 Å². The van der Waals surface area contributed by atoms with E-state index in [-0.39, 0.29) is 17.1 Å². The van der Waals surface area contributed by atoms with E-state index in [9.17, 15) is 9.59 Å². The Balaban J connectivity index is 1.98. The van der Waals surface area contributed by atoms with Crippen LogP contribution in [0.2, 0.25) is 0 Å². The van der Waals surface area contributed by atoms with E-state index in [1.807, 2.05) is 19.1 Å². The van der Waals surface area contributed by atoms with Crippen LogP contribution in [0.1, 0.15) is 30.9 Å². The number of carbonyl (C=O) groups is 2. The van der Waals surface area contributed by atoms with Crippen molar-refractivity contribution in [1.82, 2.24) is 0 Å². The first kappa shape index (κ1) is 13.1. The average molecular weight is 270 g/mol. The highest BCUT2D eigenvalue weighted by Crippen LogP contribution is 2.49. The first-order chi connectivity index (χ1) is 9.60. The van der Waals surface area contributed by atoms with Gasteiger partial charge >= 0.3 is 5.97 Å². The van der Waals surface area contributed by atoms with Gasteiger partial charge in [0.2, 0.25) is 0 Å². The van der Waals surface area contributed by atoms with Crippen molar-refractivity contribution >= 4 is 17.8 Å². The van der Waals surface area contributed by atoms with Crippen LogP contribution in [0.15, 0.2) is 30.3 Å². The first-order valence-corrected chi connectivity index (χ1v) is 7.00. The quantitative estimate of drug-likeness (QED) is 0.582. The Morgan fingerprint density at radius 3 is 2.85 bits per heavy atom. The molecule has 1 spiro atoms. The number of Topliss-reactive ketones (excluding diaryl/α,β-unsaturated/α-hetero) is 1. The molecule has 1 aromatic rings. The highest BCUT2D eigenvalue weighted by Gasteiger charge is 2.50. The summed E-state index contributed by atoms with van der Waals surface area (Å²) < 4.78 is 4.75. The number of methoxy groups -OCH3 is 1. The van der Waals surface area contributed by atoms with Crippen molar-refractivity contribution in [2.24, 2.45) is 11.8 Å². The third-order valence-corrected chi connectivity index (χ3v) is 4.90. The van der Waals surface area contributed by atoms with Crippen LogP contribution in [0.3, 0.4) is 0 Å². The van der Waals surface area contributed by atoms with E-state index in [4.69, 9.17) is 4.74 Å². The maximum Gasteiger partial charge on any atom is 0.316 e. The van der Waals surface area contributed by atoms with Crippen molar-refractivity contribution < 1.29 is 14.3 Å². The summed E-state index contributed by atoms with van der Waals surface area (Å²) in [5.74, 6) is -1.18. The Morgan fingerprint density at radius 2 is 2.10 bits per heavy atom. The lowest BCUT2D eigenvalue weighted by atomic mass is 9.61. The minimum atomic E-state index is -0.596. The van der Waals surface area contributed by atoms with E-state index in [1.54, 1.807) is 0 Å². The molecule has 2 aliphatic rings. The summed E-state index contributed by atoms with van der Waals surface area (Å²) in [6.45, 7) is 1.93. The number of esters is 1. The third kappa shape index (κ3) is 1.65. The third-order valence-electron chi connectivity index (χ3n) is 4.90. The van der Waals surface area contributed by atoms with Crippen LogP contribution in [0.5, 0.6) is 0 Å². The van der Waals surface area contributed by atoms with Gasteiger partial charge in [-0.1, -0.05) is 43.3 Å². The first-order valence-electron chi connectivity index (χ1n) is 7.00. The zero-order valence-corrected chi connectivity index (χ0v) is 11.8. The number of rotatable bonds is 1. The van der Waals surface area contributed by atoms with Crippen LogP contribution in [-0.2, 0) is 19.7 Å². The summed E-state index contributed by atoms with van der Waals surface area (Å²) in [5, 5.41) is 0.